The summed E-state index contributed by atoms with van der Waals surface area (Å²) in [7, 11) is 1.73. The van der Waals surface area contributed by atoms with Gasteiger partial charge in [0.1, 0.15) is 0 Å². The van der Waals surface area contributed by atoms with E-state index in [1.807, 2.05) is 12.1 Å². The van der Waals surface area contributed by atoms with Gasteiger partial charge in [-0.15, -0.1) is 0 Å². The highest BCUT2D eigenvalue weighted by Gasteiger charge is 2.16. The maximum absolute atomic E-state index is 5.92. The number of nitrogens with zero attached hydrogens (tertiary/aromatic N) is 2. The fourth-order valence-electron chi connectivity index (χ4n) is 2.42. The van der Waals surface area contributed by atoms with Crippen LogP contribution in [0.1, 0.15) is 0 Å². The third kappa shape index (κ3) is 4.94. The van der Waals surface area contributed by atoms with E-state index in [-0.39, 0.29) is 0 Å². The Morgan fingerprint density at radius 2 is 1.80 bits per heavy atom. The molecule has 1 N–H and O–H groups in total. The number of halogens is 1. The molecule has 112 valence electrons. The van der Waals surface area contributed by atoms with Gasteiger partial charge in [-0.1, -0.05) is 11.6 Å². The van der Waals surface area contributed by atoms with E-state index in [0.29, 0.717) is 0 Å². The van der Waals surface area contributed by atoms with Gasteiger partial charge >= 0.3 is 0 Å². The first-order chi connectivity index (χ1) is 9.79. The van der Waals surface area contributed by atoms with Gasteiger partial charge in [-0.3, -0.25) is 4.90 Å². The lowest BCUT2D eigenvalue weighted by atomic mass is 10.2. The van der Waals surface area contributed by atoms with Crippen molar-refractivity contribution in [1.82, 2.24) is 10.2 Å². The van der Waals surface area contributed by atoms with E-state index in [4.69, 9.17) is 16.3 Å². The van der Waals surface area contributed by atoms with Crippen molar-refractivity contribution in [1.29, 1.82) is 0 Å². The number of rotatable bonds is 7. The number of hydrogen-bond donors (Lipinski definition) is 1. The molecule has 1 aliphatic heterocycles. The lowest BCUT2D eigenvalue weighted by molar-refractivity contribution is 0.195. The molecule has 20 heavy (non-hydrogen) atoms. The number of piperazine rings is 1. The Hall–Kier alpha value is -0.810. The van der Waals surface area contributed by atoms with E-state index in [1.165, 1.54) is 5.69 Å². The summed E-state index contributed by atoms with van der Waals surface area (Å²) in [4.78, 5) is 4.93. The predicted octanol–water partition coefficient (Wildman–Crippen LogP) is 1.70. The third-order valence-electron chi connectivity index (χ3n) is 3.65. The lowest BCUT2D eigenvalue weighted by Crippen LogP contribution is -2.48. The normalized spacial score (nSPS) is 16.6. The van der Waals surface area contributed by atoms with E-state index in [9.17, 15) is 0 Å². The van der Waals surface area contributed by atoms with Gasteiger partial charge in [0.15, 0.2) is 0 Å². The summed E-state index contributed by atoms with van der Waals surface area (Å²) >= 11 is 5.92. The summed E-state index contributed by atoms with van der Waals surface area (Å²) in [5, 5.41) is 4.19. The van der Waals surface area contributed by atoms with Gasteiger partial charge < -0.3 is 15.0 Å². The molecule has 1 aliphatic rings. The topological polar surface area (TPSA) is 27.7 Å². The number of methoxy groups -OCH3 is 1. The quantitative estimate of drug-likeness (QED) is 0.775. The minimum atomic E-state index is 0.782. The number of ether oxygens (including phenoxy) is 1. The fourth-order valence-corrected chi connectivity index (χ4v) is 2.54. The molecule has 0 aliphatic carbocycles. The average Bonchev–Trinajstić information content (AvgIpc) is 2.49. The van der Waals surface area contributed by atoms with Crippen molar-refractivity contribution in [3.63, 3.8) is 0 Å². The van der Waals surface area contributed by atoms with Crippen molar-refractivity contribution >= 4 is 17.3 Å². The number of hydrogen-bond acceptors (Lipinski definition) is 4. The van der Waals surface area contributed by atoms with E-state index >= 15 is 0 Å². The van der Waals surface area contributed by atoms with Crippen LogP contribution in [-0.4, -0.2) is 64.4 Å². The number of anilines is 1. The van der Waals surface area contributed by atoms with E-state index in [1.54, 1.807) is 7.11 Å². The van der Waals surface area contributed by atoms with Crippen LogP contribution in [0.2, 0.25) is 5.02 Å². The molecule has 1 aromatic rings. The van der Waals surface area contributed by atoms with Gasteiger partial charge in [-0.05, 0) is 24.3 Å². The Labute approximate surface area is 126 Å². The van der Waals surface area contributed by atoms with E-state index in [0.717, 1.165) is 57.4 Å². The summed E-state index contributed by atoms with van der Waals surface area (Å²) in [6, 6.07) is 8.13. The molecule has 0 amide bonds. The van der Waals surface area contributed by atoms with Crippen molar-refractivity contribution in [2.45, 2.75) is 0 Å². The molecule has 0 bridgehead atoms. The molecule has 0 aromatic heterocycles. The Balaban J connectivity index is 1.66. The van der Waals surface area contributed by atoms with Gasteiger partial charge in [-0.25, -0.2) is 0 Å². The van der Waals surface area contributed by atoms with Crippen LogP contribution >= 0.6 is 11.6 Å². The average molecular weight is 298 g/mol. The summed E-state index contributed by atoms with van der Waals surface area (Å²) < 4.78 is 5.01. The van der Waals surface area contributed by atoms with Gasteiger partial charge in [0, 0.05) is 63.6 Å². The smallest absolute Gasteiger partial charge is 0.0587 e. The van der Waals surface area contributed by atoms with Crippen LogP contribution in [0.4, 0.5) is 5.69 Å². The van der Waals surface area contributed by atoms with Crippen LogP contribution in [0, 0.1) is 0 Å². The van der Waals surface area contributed by atoms with Gasteiger partial charge in [0.2, 0.25) is 0 Å². The highest BCUT2D eigenvalue weighted by Crippen LogP contribution is 2.19. The fraction of sp³-hybridized carbons (Fsp3) is 0.600. The van der Waals surface area contributed by atoms with Crippen molar-refractivity contribution in [3.8, 4) is 0 Å². The molecule has 2 rings (SSSR count). The zero-order valence-corrected chi connectivity index (χ0v) is 12.9. The highest BCUT2D eigenvalue weighted by atomic mass is 35.5. The first-order valence-electron chi connectivity index (χ1n) is 7.22. The van der Waals surface area contributed by atoms with Crippen LogP contribution in [-0.2, 0) is 4.74 Å². The minimum Gasteiger partial charge on any atom is -0.383 e. The molecule has 1 aromatic carbocycles. The van der Waals surface area contributed by atoms with Crippen LogP contribution in [0.3, 0.4) is 0 Å². The molecule has 0 spiro atoms. The lowest BCUT2D eigenvalue weighted by Gasteiger charge is -2.36. The maximum atomic E-state index is 5.92. The first-order valence-corrected chi connectivity index (χ1v) is 7.60. The highest BCUT2D eigenvalue weighted by molar-refractivity contribution is 6.30. The molecule has 1 heterocycles. The first kappa shape index (κ1) is 15.6. The number of nitrogens with one attached hydrogen (secondary N) is 1. The molecule has 0 atom stereocenters. The number of benzene rings is 1. The Morgan fingerprint density at radius 3 is 2.45 bits per heavy atom. The zero-order chi connectivity index (χ0) is 14.2. The predicted molar refractivity (Wildman–Crippen MR) is 84.9 cm³/mol. The molecular weight excluding hydrogens is 274 g/mol. The minimum absolute atomic E-state index is 0.782. The molecule has 0 saturated carbocycles. The van der Waals surface area contributed by atoms with Crippen molar-refractivity contribution in [2.24, 2.45) is 0 Å². The van der Waals surface area contributed by atoms with Gasteiger partial charge in [-0.2, -0.15) is 0 Å². The van der Waals surface area contributed by atoms with E-state index < -0.39 is 0 Å². The molecule has 5 heteroatoms. The molecule has 0 radical (unpaired) electrons. The van der Waals surface area contributed by atoms with Gasteiger partial charge in [0.25, 0.3) is 0 Å². The second-order valence-electron chi connectivity index (χ2n) is 5.05. The second-order valence-corrected chi connectivity index (χ2v) is 5.48. The maximum Gasteiger partial charge on any atom is 0.0587 e. The summed E-state index contributed by atoms with van der Waals surface area (Å²) in [6.45, 7) is 8.26. The Kier molecular flexibility index (Phi) is 6.60. The summed E-state index contributed by atoms with van der Waals surface area (Å²) in [5.41, 5.74) is 1.27. The summed E-state index contributed by atoms with van der Waals surface area (Å²) in [5.74, 6) is 0. The molecule has 4 nitrogen and oxygen atoms in total. The van der Waals surface area contributed by atoms with Crippen molar-refractivity contribution in [3.05, 3.63) is 29.3 Å². The largest absolute Gasteiger partial charge is 0.383 e. The van der Waals surface area contributed by atoms with Crippen molar-refractivity contribution < 1.29 is 4.74 Å². The molecule has 1 fully saturated rings. The standard InChI is InChI=1S/C15H24ClN3O/c1-20-13-7-17-6-8-18-9-11-19(12-10-18)15-4-2-14(16)3-5-15/h2-5,17H,6-13H2,1H3. The Morgan fingerprint density at radius 1 is 1.10 bits per heavy atom. The second kappa shape index (κ2) is 8.47. The summed E-state index contributed by atoms with van der Waals surface area (Å²) in [6.07, 6.45) is 0. The van der Waals surface area contributed by atoms with Gasteiger partial charge in [0.05, 0.1) is 6.61 Å². The van der Waals surface area contributed by atoms with Crippen LogP contribution in [0.5, 0.6) is 0 Å². The van der Waals surface area contributed by atoms with Crippen molar-refractivity contribution in [2.75, 3.05) is 64.4 Å². The van der Waals surface area contributed by atoms with Crippen LogP contribution < -0.4 is 10.2 Å². The van der Waals surface area contributed by atoms with Crippen LogP contribution in [0.25, 0.3) is 0 Å². The van der Waals surface area contributed by atoms with Crippen LogP contribution in [0.15, 0.2) is 24.3 Å². The zero-order valence-electron chi connectivity index (χ0n) is 12.1. The Bertz CT molecular complexity index is 377. The monoisotopic (exact) mass is 297 g/mol. The molecular formula is C15H24ClN3O. The third-order valence-corrected chi connectivity index (χ3v) is 3.90. The van der Waals surface area contributed by atoms with E-state index in [2.05, 4.69) is 27.2 Å². The molecule has 1 saturated heterocycles. The SMILES string of the molecule is COCCNCCN1CCN(c2ccc(Cl)cc2)CC1. The molecule has 0 unspecified atom stereocenters.